The average molecular weight is 199 g/mol. The van der Waals surface area contributed by atoms with Crippen molar-refractivity contribution in [3.8, 4) is 0 Å². The molecular weight excluding hydrogens is 187 g/mol. The minimum Gasteiger partial charge on any atom is -0.348 e. The van der Waals surface area contributed by atoms with Gasteiger partial charge in [-0.1, -0.05) is 0 Å². The number of aromatic amines is 1. The molecule has 0 fully saturated rings. The standard InChI is InChI=1S/C5H10N4.2ClH/c6-9-2-1-5-3-7-4-8-5;;/h3-4,9H,1-2,6H2,(H,7,8);2*1H. The van der Waals surface area contributed by atoms with E-state index >= 15 is 0 Å². The van der Waals surface area contributed by atoms with Crippen molar-refractivity contribution >= 4 is 24.8 Å². The zero-order valence-corrected chi connectivity index (χ0v) is 7.54. The van der Waals surface area contributed by atoms with Gasteiger partial charge in [0.15, 0.2) is 0 Å². The lowest BCUT2D eigenvalue weighted by Crippen LogP contribution is -2.24. The number of nitrogens with one attached hydrogen (secondary N) is 2. The van der Waals surface area contributed by atoms with Gasteiger partial charge in [-0.25, -0.2) is 4.98 Å². The molecule has 0 aliphatic heterocycles. The van der Waals surface area contributed by atoms with Gasteiger partial charge in [-0.2, -0.15) is 0 Å². The highest BCUT2D eigenvalue weighted by molar-refractivity contribution is 5.85. The van der Waals surface area contributed by atoms with Gasteiger partial charge in [0.25, 0.3) is 0 Å². The summed E-state index contributed by atoms with van der Waals surface area (Å²) in [6.45, 7) is 0.780. The molecule has 66 valence electrons. The third-order valence-electron chi connectivity index (χ3n) is 1.09. The molecule has 0 spiro atoms. The first-order chi connectivity index (χ1) is 4.43. The highest BCUT2D eigenvalue weighted by Crippen LogP contribution is 1.88. The number of rotatable bonds is 3. The first-order valence-electron chi connectivity index (χ1n) is 2.84. The second-order valence-corrected chi connectivity index (χ2v) is 1.78. The Labute approximate surface area is 77.8 Å². The van der Waals surface area contributed by atoms with Crippen molar-refractivity contribution in [3.05, 3.63) is 18.2 Å². The van der Waals surface area contributed by atoms with Crippen LogP contribution in [0.15, 0.2) is 12.5 Å². The molecule has 11 heavy (non-hydrogen) atoms. The molecule has 0 unspecified atom stereocenters. The van der Waals surface area contributed by atoms with Gasteiger partial charge < -0.3 is 4.98 Å². The fourth-order valence-electron chi connectivity index (χ4n) is 0.628. The van der Waals surface area contributed by atoms with Crippen LogP contribution in [-0.4, -0.2) is 16.5 Å². The van der Waals surface area contributed by atoms with E-state index < -0.39 is 0 Å². The van der Waals surface area contributed by atoms with Gasteiger partial charge in [0, 0.05) is 24.9 Å². The summed E-state index contributed by atoms with van der Waals surface area (Å²) in [5, 5.41) is 0. The monoisotopic (exact) mass is 198 g/mol. The number of hydrogen-bond donors (Lipinski definition) is 3. The molecule has 0 atom stereocenters. The van der Waals surface area contributed by atoms with Crippen LogP contribution >= 0.6 is 24.8 Å². The Balaban J connectivity index is 0. The summed E-state index contributed by atoms with van der Waals surface area (Å²) in [7, 11) is 0. The van der Waals surface area contributed by atoms with Crippen LogP contribution in [0.4, 0.5) is 0 Å². The van der Waals surface area contributed by atoms with E-state index in [2.05, 4.69) is 15.4 Å². The summed E-state index contributed by atoms with van der Waals surface area (Å²) < 4.78 is 0. The number of H-pyrrole nitrogens is 1. The van der Waals surface area contributed by atoms with Gasteiger partial charge in [0.2, 0.25) is 0 Å². The zero-order chi connectivity index (χ0) is 6.53. The van der Waals surface area contributed by atoms with E-state index in [-0.39, 0.29) is 24.8 Å². The van der Waals surface area contributed by atoms with E-state index in [0.717, 1.165) is 18.7 Å². The normalized spacial score (nSPS) is 8.09. The summed E-state index contributed by atoms with van der Waals surface area (Å²) in [6, 6.07) is 0. The number of imidazole rings is 1. The Bertz CT molecular complexity index is 154. The van der Waals surface area contributed by atoms with Crippen LogP contribution in [-0.2, 0) is 6.42 Å². The molecule has 0 saturated carbocycles. The van der Waals surface area contributed by atoms with Gasteiger partial charge in [-0.3, -0.25) is 11.3 Å². The summed E-state index contributed by atoms with van der Waals surface area (Å²) in [5.41, 5.74) is 3.66. The van der Waals surface area contributed by atoms with E-state index in [4.69, 9.17) is 5.84 Å². The van der Waals surface area contributed by atoms with Gasteiger partial charge in [0.1, 0.15) is 0 Å². The lowest BCUT2D eigenvalue weighted by Gasteiger charge is -1.93. The lowest BCUT2D eigenvalue weighted by molar-refractivity contribution is 0.720. The minimum absolute atomic E-state index is 0. The van der Waals surface area contributed by atoms with E-state index in [0.29, 0.717) is 0 Å². The summed E-state index contributed by atoms with van der Waals surface area (Å²) in [5.74, 6) is 5.06. The topological polar surface area (TPSA) is 66.7 Å². The van der Waals surface area contributed by atoms with E-state index in [9.17, 15) is 0 Å². The predicted molar refractivity (Wildman–Crippen MR) is 49.0 cm³/mol. The highest BCUT2D eigenvalue weighted by Gasteiger charge is 1.89. The molecule has 1 aromatic heterocycles. The van der Waals surface area contributed by atoms with Crippen LogP contribution in [0.1, 0.15) is 5.69 Å². The number of halogens is 2. The molecule has 0 aliphatic carbocycles. The van der Waals surface area contributed by atoms with E-state index in [1.165, 1.54) is 0 Å². The van der Waals surface area contributed by atoms with Crippen LogP contribution in [0, 0.1) is 0 Å². The Kier molecular flexibility index (Phi) is 9.45. The molecule has 0 aromatic carbocycles. The number of hydrazine groups is 1. The number of nitrogens with zero attached hydrogens (tertiary/aromatic N) is 1. The zero-order valence-electron chi connectivity index (χ0n) is 5.91. The molecule has 0 bridgehead atoms. The molecular formula is C5H12Cl2N4. The first kappa shape index (κ1) is 13.3. The van der Waals surface area contributed by atoms with Gasteiger partial charge in [-0.05, 0) is 0 Å². The number of hydrogen-bond acceptors (Lipinski definition) is 3. The molecule has 4 nitrogen and oxygen atoms in total. The van der Waals surface area contributed by atoms with Crippen molar-refractivity contribution < 1.29 is 0 Å². The summed E-state index contributed by atoms with van der Waals surface area (Å²) in [4.78, 5) is 6.82. The van der Waals surface area contributed by atoms with Crippen LogP contribution in [0.3, 0.4) is 0 Å². The van der Waals surface area contributed by atoms with Crippen LogP contribution in [0.25, 0.3) is 0 Å². The van der Waals surface area contributed by atoms with Crippen molar-refractivity contribution in [2.75, 3.05) is 6.54 Å². The second-order valence-electron chi connectivity index (χ2n) is 1.78. The number of nitrogens with two attached hydrogens (primary N) is 1. The molecule has 0 saturated heterocycles. The third kappa shape index (κ3) is 5.03. The van der Waals surface area contributed by atoms with Gasteiger partial charge in [-0.15, -0.1) is 24.8 Å². The van der Waals surface area contributed by atoms with Crippen LogP contribution < -0.4 is 11.3 Å². The molecule has 1 aromatic rings. The maximum atomic E-state index is 5.06. The molecule has 4 N–H and O–H groups in total. The van der Waals surface area contributed by atoms with Crippen molar-refractivity contribution in [1.82, 2.24) is 15.4 Å². The maximum Gasteiger partial charge on any atom is 0.0921 e. The number of aromatic nitrogens is 2. The fourth-order valence-corrected chi connectivity index (χ4v) is 0.628. The van der Waals surface area contributed by atoms with Gasteiger partial charge >= 0.3 is 0 Å². The smallest absolute Gasteiger partial charge is 0.0921 e. The van der Waals surface area contributed by atoms with Crippen molar-refractivity contribution in [2.45, 2.75) is 6.42 Å². The average Bonchev–Trinajstić information content (AvgIpc) is 2.34. The quantitative estimate of drug-likeness (QED) is 0.483. The van der Waals surface area contributed by atoms with Crippen molar-refractivity contribution in [3.63, 3.8) is 0 Å². The SMILES string of the molecule is Cl.Cl.NNCCc1cnc[nH]1. The Morgan fingerprint density at radius 2 is 2.27 bits per heavy atom. The highest BCUT2D eigenvalue weighted by atomic mass is 35.5. The Morgan fingerprint density at radius 3 is 2.73 bits per heavy atom. The van der Waals surface area contributed by atoms with Gasteiger partial charge in [0.05, 0.1) is 6.33 Å². The molecule has 1 heterocycles. The van der Waals surface area contributed by atoms with Crippen molar-refractivity contribution in [2.24, 2.45) is 5.84 Å². The van der Waals surface area contributed by atoms with Crippen LogP contribution in [0.2, 0.25) is 0 Å². The predicted octanol–water partition coefficient (Wildman–Crippen LogP) is 0.259. The maximum absolute atomic E-state index is 5.06. The van der Waals surface area contributed by atoms with E-state index in [1.807, 2.05) is 0 Å². The lowest BCUT2D eigenvalue weighted by atomic mass is 10.3. The summed E-state index contributed by atoms with van der Waals surface area (Å²) in [6.07, 6.45) is 4.35. The minimum atomic E-state index is 0. The molecule has 0 radical (unpaired) electrons. The van der Waals surface area contributed by atoms with Crippen molar-refractivity contribution in [1.29, 1.82) is 0 Å². The Morgan fingerprint density at radius 1 is 1.55 bits per heavy atom. The van der Waals surface area contributed by atoms with E-state index in [1.54, 1.807) is 12.5 Å². The summed E-state index contributed by atoms with van der Waals surface area (Å²) >= 11 is 0. The fraction of sp³-hybridized carbons (Fsp3) is 0.400. The second kappa shape index (κ2) is 7.81. The third-order valence-corrected chi connectivity index (χ3v) is 1.09. The Hall–Kier alpha value is -0.290. The molecule has 0 amide bonds. The molecule has 6 heteroatoms. The largest absolute Gasteiger partial charge is 0.348 e. The van der Waals surface area contributed by atoms with Crippen LogP contribution in [0.5, 0.6) is 0 Å². The molecule has 0 aliphatic rings. The molecule has 1 rings (SSSR count). The first-order valence-corrected chi connectivity index (χ1v) is 2.84.